The summed E-state index contributed by atoms with van der Waals surface area (Å²) in [4.78, 5) is 0. The van der Waals surface area contributed by atoms with Gasteiger partial charge in [0.2, 0.25) is 0 Å². The Balaban J connectivity index is 1.84. The van der Waals surface area contributed by atoms with Crippen molar-refractivity contribution in [3.8, 4) is 0 Å². The zero-order valence-corrected chi connectivity index (χ0v) is 9.79. The largest absolute Gasteiger partial charge is 0.0801 e. The SMILES string of the molecule is C(=C/c1ccccc1)/C/C=C\c1ccccc1. The van der Waals surface area contributed by atoms with E-state index in [1.165, 1.54) is 11.1 Å². The molecule has 0 aromatic heterocycles. The van der Waals surface area contributed by atoms with Crippen molar-refractivity contribution in [3.05, 3.63) is 83.9 Å². The van der Waals surface area contributed by atoms with Crippen LogP contribution in [0.15, 0.2) is 72.8 Å². The smallest absolute Gasteiger partial charge is 0.0163 e. The normalized spacial score (nSPS) is 11.3. The van der Waals surface area contributed by atoms with Gasteiger partial charge in [-0.2, -0.15) is 0 Å². The zero-order valence-electron chi connectivity index (χ0n) is 9.79. The van der Waals surface area contributed by atoms with Crippen LogP contribution in [0.25, 0.3) is 12.2 Å². The molecule has 2 rings (SSSR count). The maximum Gasteiger partial charge on any atom is -0.0163 e. The molecule has 2 aromatic carbocycles. The number of rotatable bonds is 4. The number of hydrogen-bond donors (Lipinski definition) is 0. The average Bonchev–Trinajstić information content (AvgIpc) is 2.41. The van der Waals surface area contributed by atoms with Crippen molar-refractivity contribution < 1.29 is 0 Å². The number of hydrogen-bond acceptors (Lipinski definition) is 0. The highest BCUT2D eigenvalue weighted by atomic mass is 13.9. The molecule has 0 aliphatic heterocycles. The van der Waals surface area contributed by atoms with Crippen LogP contribution in [0.5, 0.6) is 0 Å². The van der Waals surface area contributed by atoms with Crippen molar-refractivity contribution in [2.45, 2.75) is 6.42 Å². The van der Waals surface area contributed by atoms with Gasteiger partial charge >= 0.3 is 0 Å². The predicted molar refractivity (Wildman–Crippen MR) is 75.6 cm³/mol. The lowest BCUT2D eigenvalue weighted by atomic mass is 10.2. The maximum atomic E-state index is 2.18. The third-order valence-corrected chi connectivity index (χ3v) is 2.49. The van der Waals surface area contributed by atoms with Crippen LogP contribution in [0.3, 0.4) is 0 Å². The van der Waals surface area contributed by atoms with Crippen LogP contribution in [-0.4, -0.2) is 0 Å². The van der Waals surface area contributed by atoms with Crippen LogP contribution in [-0.2, 0) is 0 Å². The van der Waals surface area contributed by atoms with E-state index in [4.69, 9.17) is 0 Å². The lowest BCUT2D eigenvalue weighted by molar-refractivity contribution is 1.42. The lowest BCUT2D eigenvalue weighted by Crippen LogP contribution is -1.69. The van der Waals surface area contributed by atoms with Gasteiger partial charge in [0.15, 0.2) is 0 Å². The minimum atomic E-state index is 0.962. The van der Waals surface area contributed by atoms with E-state index in [2.05, 4.69) is 72.8 Å². The molecule has 0 fully saturated rings. The van der Waals surface area contributed by atoms with Gasteiger partial charge < -0.3 is 0 Å². The molecule has 0 saturated carbocycles. The molecule has 0 amide bonds. The molecular formula is C17H16. The van der Waals surface area contributed by atoms with E-state index in [1.807, 2.05) is 12.1 Å². The summed E-state index contributed by atoms with van der Waals surface area (Å²) in [5.74, 6) is 0. The summed E-state index contributed by atoms with van der Waals surface area (Å²) in [6, 6.07) is 20.7. The molecule has 0 atom stereocenters. The van der Waals surface area contributed by atoms with Crippen LogP contribution in [0, 0.1) is 0 Å². The first-order valence-electron chi connectivity index (χ1n) is 5.88. The van der Waals surface area contributed by atoms with Gasteiger partial charge in [0.25, 0.3) is 0 Å². The third kappa shape index (κ3) is 4.12. The molecule has 0 N–H and O–H groups in total. The van der Waals surface area contributed by atoms with E-state index in [0.717, 1.165) is 6.42 Å². The minimum Gasteiger partial charge on any atom is -0.0801 e. The Morgan fingerprint density at radius 1 is 0.588 bits per heavy atom. The van der Waals surface area contributed by atoms with Crippen LogP contribution < -0.4 is 0 Å². The van der Waals surface area contributed by atoms with Crippen molar-refractivity contribution in [3.63, 3.8) is 0 Å². The topological polar surface area (TPSA) is 0 Å². The molecule has 0 nitrogen and oxygen atoms in total. The second-order valence-corrected chi connectivity index (χ2v) is 3.86. The average molecular weight is 220 g/mol. The van der Waals surface area contributed by atoms with Gasteiger partial charge in [-0.1, -0.05) is 85.0 Å². The van der Waals surface area contributed by atoms with Gasteiger partial charge in [-0.15, -0.1) is 0 Å². The highest BCUT2D eigenvalue weighted by molar-refractivity contribution is 5.51. The number of benzene rings is 2. The van der Waals surface area contributed by atoms with E-state index in [1.54, 1.807) is 0 Å². The van der Waals surface area contributed by atoms with E-state index in [-0.39, 0.29) is 0 Å². The zero-order chi connectivity index (χ0) is 11.8. The quantitative estimate of drug-likeness (QED) is 0.694. The fraction of sp³-hybridized carbons (Fsp3) is 0.0588. The first-order chi connectivity index (χ1) is 8.45. The van der Waals surface area contributed by atoms with Crippen molar-refractivity contribution >= 4 is 12.2 Å². The van der Waals surface area contributed by atoms with Gasteiger partial charge in [-0.05, 0) is 17.5 Å². The van der Waals surface area contributed by atoms with Gasteiger partial charge in [0.1, 0.15) is 0 Å². The standard InChI is InChI=1S/C17H16/c1-4-10-16(11-5-1)14-8-3-9-15-17-12-6-2-7-13-17/h1-2,4-15H,3H2/b14-8-,15-9-. The Morgan fingerprint density at radius 3 is 1.41 bits per heavy atom. The van der Waals surface area contributed by atoms with E-state index >= 15 is 0 Å². The van der Waals surface area contributed by atoms with Gasteiger partial charge in [-0.25, -0.2) is 0 Å². The van der Waals surface area contributed by atoms with Crippen molar-refractivity contribution in [1.29, 1.82) is 0 Å². The second kappa shape index (κ2) is 6.49. The van der Waals surface area contributed by atoms with Crippen LogP contribution >= 0.6 is 0 Å². The summed E-state index contributed by atoms with van der Waals surface area (Å²) in [5, 5.41) is 0. The molecule has 0 unspecified atom stereocenters. The molecule has 0 aliphatic rings. The Hall–Kier alpha value is -2.08. The summed E-state index contributed by atoms with van der Waals surface area (Å²) < 4.78 is 0. The molecule has 0 spiro atoms. The Labute approximate surface area is 103 Å². The lowest BCUT2D eigenvalue weighted by Gasteiger charge is -1.91. The van der Waals surface area contributed by atoms with Crippen LogP contribution in [0.4, 0.5) is 0 Å². The highest BCUT2D eigenvalue weighted by Gasteiger charge is 1.82. The van der Waals surface area contributed by atoms with Crippen LogP contribution in [0.2, 0.25) is 0 Å². The summed E-state index contributed by atoms with van der Waals surface area (Å²) in [5.41, 5.74) is 2.50. The molecule has 0 bridgehead atoms. The van der Waals surface area contributed by atoms with Crippen molar-refractivity contribution in [1.82, 2.24) is 0 Å². The Morgan fingerprint density at radius 2 is 1.00 bits per heavy atom. The molecule has 0 aliphatic carbocycles. The summed E-state index contributed by atoms with van der Waals surface area (Å²) in [6.45, 7) is 0. The molecule has 2 aromatic rings. The summed E-state index contributed by atoms with van der Waals surface area (Å²) in [6.07, 6.45) is 9.61. The molecule has 0 saturated heterocycles. The van der Waals surface area contributed by atoms with Gasteiger partial charge in [-0.3, -0.25) is 0 Å². The molecule has 0 heterocycles. The minimum absolute atomic E-state index is 0.962. The van der Waals surface area contributed by atoms with Crippen molar-refractivity contribution in [2.24, 2.45) is 0 Å². The van der Waals surface area contributed by atoms with Crippen LogP contribution in [0.1, 0.15) is 17.5 Å². The van der Waals surface area contributed by atoms with Crippen molar-refractivity contribution in [2.75, 3.05) is 0 Å². The third-order valence-electron chi connectivity index (χ3n) is 2.49. The molecule has 0 radical (unpaired) electrons. The first-order valence-corrected chi connectivity index (χ1v) is 5.88. The monoisotopic (exact) mass is 220 g/mol. The molecule has 17 heavy (non-hydrogen) atoms. The second-order valence-electron chi connectivity index (χ2n) is 3.86. The molecule has 84 valence electrons. The highest BCUT2D eigenvalue weighted by Crippen LogP contribution is 2.04. The van der Waals surface area contributed by atoms with E-state index in [9.17, 15) is 0 Å². The summed E-state index contributed by atoms with van der Waals surface area (Å²) in [7, 11) is 0. The maximum absolute atomic E-state index is 2.18. The summed E-state index contributed by atoms with van der Waals surface area (Å²) >= 11 is 0. The fourth-order valence-corrected chi connectivity index (χ4v) is 1.62. The Kier molecular flexibility index (Phi) is 4.36. The fourth-order valence-electron chi connectivity index (χ4n) is 1.62. The van der Waals surface area contributed by atoms with Gasteiger partial charge in [0.05, 0.1) is 0 Å². The van der Waals surface area contributed by atoms with E-state index < -0.39 is 0 Å². The molecule has 0 heteroatoms. The number of allylic oxidation sites excluding steroid dienone is 2. The van der Waals surface area contributed by atoms with E-state index in [0.29, 0.717) is 0 Å². The predicted octanol–water partition coefficient (Wildman–Crippen LogP) is 4.80. The molecular weight excluding hydrogens is 204 g/mol. The van der Waals surface area contributed by atoms with Gasteiger partial charge in [0, 0.05) is 0 Å². The first kappa shape index (κ1) is 11.4. The Bertz CT molecular complexity index is 430.